The van der Waals surface area contributed by atoms with Crippen LogP contribution in [0.25, 0.3) is 0 Å². The van der Waals surface area contributed by atoms with Crippen LogP contribution >= 0.6 is 0 Å². The van der Waals surface area contributed by atoms with Gasteiger partial charge in [-0.05, 0) is 12.5 Å². The Hall–Kier alpha value is -2.41. The van der Waals surface area contributed by atoms with Gasteiger partial charge in [0.05, 0.1) is 6.54 Å². The van der Waals surface area contributed by atoms with Crippen molar-refractivity contribution in [3.05, 3.63) is 35.9 Å². The summed E-state index contributed by atoms with van der Waals surface area (Å²) in [6.45, 7) is 1.23. The average Bonchev–Trinajstić information content (AvgIpc) is 2.47. The van der Waals surface area contributed by atoms with Crippen molar-refractivity contribution in [1.82, 2.24) is 10.6 Å². The molecule has 0 spiro atoms. The van der Waals surface area contributed by atoms with Gasteiger partial charge < -0.3 is 21.5 Å². The molecule has 1 aromatic rings. The van der Waals surface area contributed by atoms with Crippen molar-refractivity contribution in [2.45, 2.75) is 25.4 Å². The normalized spacial score (nSPS) is 13.0. The molecule has 0 heterocycles. The summed E-state index contributed by atoms with van der Waals surface area (Å²) in [5.74, 6) is -2.18. The molecule has 2 unspecified atom stereocenters. The Morgan fingerprint density at radius 3 is 2.33 bits per heavy atom. The van der Waals surface area contributed by atoms with Crippen LogP contribution in [0.3, 0.4) is 0 Å². The fourth-order valence-electron chi connectivity index (χ4n) is 1.71. The van der Waals surface area contributed by atoms with Crippen molar-refractivity contribution in [2.75, 3.05) is 6.54 Å². The SMILES string of the molecule is CC(NC(=O)CN)C(=O)NC(Cc1ccccc1)C(=O)O. The lowest BCUT2D eigenvalue weighted by atomic mass is 10.1. The summed E-state index contributed by atoms with van der Waals surface area (Å²) in [4.78, 5) is 34.2. The number of aliphatic carboxylic acids is 1. The van der Waals surface area contributed by atoms with Gasteiger partial charge in [-0.2, -0.15) is 0 Å². The fraction of sp³-hybridized carbons (Fsp3) is 0.357. The van der Waals surface area contributed by atoms with E-state index in [1.54, 1.807) is 24.3 Å². The molecule has 0 bridgehead atoms. The Labute approximate surface area is 122 Å². The predicted molar refractivity (Wildman–Crippen MR) is 76.4 cm³/mol. The Balaban J connectivity index is 2.64. The van der Waals surface area contributed by atoms with Crippen molar-refractivity contribution in [1.29, 1.82) is 0 Å². The van der Waals surface area contributed by atoms with Gasteiger partial charge in [-0.25, -0.2) is 4.79 Å². The third-order valence-corrected chi connectivity index (χ3v) is 2.85. The Bertz CT molecular complexity index is 504. The molecule has 21 heavy (non-hydrogen) atoms. The van der Waals surface area contributed by atoms with E-state index in [9.17, 15) is 19.5 Å². The Morgan fingerprint density at radius 2 is 1.81 bits per heavy atom. The van der Waals surface area contributed by atoms with Gasteiger partial charge in [0.25, 0.3) is 0 Å². The summed E-state index contributed by atoms with van der Waals surface area (Å²) in [7, 11) is 0. The average molecular weight is 293 g/mol. The van der Waals surface area contributed by atoms with Gasteiger partial charge >= 0.3 is 5.97 Å². The lowest BCUT2D eigenvalue weighted by Crippen LogP contribution is -2.51. The molecule has 0 aromatic heterocycles. The highest BCUT2D eigenvalue weighted by atomic mass is 16.4. The minimum absolute atomic E-state index is 0.166. The number of carboxylic acids is 1. The van der Waals surface area contributed by atoms with E-state index < -0.39 is 29.9 Å². The van der Waals surface area contributed by atoms with Crippen LogP contribution in [-0.4, -0.2) is 41.5 Å². The van der Waals surface area contributed by atoms with E-state index in [0.717, 1.165) is 5.56 Å². The second kappa shape index (κ2) is 8.01. The number of carbonyl (C=O) groups is 3. The van der Waals surface area contributed by atoms with Crippen LogP contribution in [0.1, 0.15) is 12.5 Å². The minimum Gasteiger partial charge on any atom is -0.480 e. The van der Waals surface area contributed by atoms with Crippen molar-refractivity contribution in [3.8, 4) is 0 Å². The summed E-state index contributed by atoms with van der Waals surface area (Å²) >= 11 is 0. The summed E-state index contributed by atoms with van der Waals surface area (Å²) in [6.07, 6.45) is 0.166. The zero-order valence-corrected chi connectivity index (χ0v) is 11.7. The van der Waals surface area contributed by atoms with Crippen LogP contribution in [-0.2, 0) is 20.8 Å². The van der Waals surface area contributed by atoms with E-state index in [4.69, 9.17) is 5.73 Å². The standard InChI is InChI=1S/C14H19N3O4/c1-9(16-12(18)8-15)13(19)17-11(14(20)21)7-10-5-3-2-4-6-10/h2-6,9,11H,7-8,15H2,1H3,(H,16,18)(H,17,19)(H,20,21). The molecule has 114 valence electrons. The van der Waals surface area contributed by atoms with Gasteiger partial charge in [0.1, 0.15) is 12.1 Å². The topological polar surface area (TPSA) is 122 Å². The van der Waals surface area contributed by atoms with E-state index in [1.807, 2.05) is 6.07 Å². The van der Waals surface area contributed by atoms with Crippen molar-refractivity contribution in [2.24, 2.45) is 5.73 Å². The van der Waals surface area contributed by atoms with Crippen LogP contribution < -0.4 is 16.4 Å². The van der Waals surface area contributed by atoms with Gasteiger partial charge in [0, 0.05) is 6.42 Å². The Morgan fingerprint density at radius 1 is 1.19 bits per heavy atom. The smallest absolute Gasteiger partial charge is 0.326 e. The summed E-state index contributed by atoms with van der Waals surface area (Å²) < 4.78 is 0. The molecule has 0 radical (unpaired) electrons. The van der Waals surface area contributed by atoms with Gasteiger partial charge in [-0.3, -0.25) is 9.59 Å². The predicted octanol–water partition coefficient (Wildman–Crippen LogP) is -0.738. The van der Waals surface area contributed by atoms with Gasteiger partial charge in [0.15, 0.2) is 0 Å². The maximum absolute atomic E-state index is 11.9. The number of benzene rings is 1. The molecule has 1 aromatic carbocycles. The molecule has 0 aliphatic carbocycles. The van der Waals surface area contributed by atoms with Gasteiger partial charge in [-0.1, -0.05) is 30.3 Å². The maximum atomic E-state index is 11.9. The summed E-state index contributed by atoms with van der Waals surface area (Å²) in [5, 5.41) is 13.9. The van der Waals surface area contributed by atoms with E-state index in [1.165, 1.54) is 6.92 Å². The molecular formula is C14H19N3O4. The molecule has 0 fully saturated rings. The number of nitrogens with one attached hydrogen (secondary N) is 2. The second-order valence-corrected chi connectivity index (χ2v) is 4.58. The summed E-state index contributed by atoms with van der Waals surface area (Å²) in [5.41, 5.74) is 5.93. The van der Waals surface area contributed by atoms with E-state index in [-0.39, 0.29) is 13.0 Å². The molecule has 2 atom stereocenters. The van der Waals surface area contributed by atoms with Crippen LogP contribution in [0.15, 0.2) is 30.3 Å². The first kappa shape index (κ1) is 16.6. The van der Waals surface area contributed by atoms with Crippen molar-refractivity contribution in [3.63, 3.8) is 0 Å². The summed E-state index contributed by atoms with van der Waals surface area (Å²) in [6, 6.07) is 7.06. The fourth-order valence-corrected chi connectivity index (χ4v) is 1.71. The van der Waals surface area contributed by atoms with Gasteiger partial charge in [-0.15, -0.1) is 0 Å². The third-order valence-electron chi connectivity index (χ3n) is 2.85. The molecule has 1 rings (SSSR count). The number of hydrogen-bond acceptors (Lipinski definition) is 4. The number of amides is 2. The number of rotatable bonds is 7. The highest BCUT2D eigenvalue weighted by Gasteiger charge is 2.23. The molecule has 0 saturated carbocycles. The van der Waals surface area contributed by atoms with Crippen molar-refractivity contribution < 1.29 is 19.5 Å². The molecule has 0 saturated heterocycles. The zero-order valence-electron chi connectivity index (χ0n) is 11.7. The second-order valence-electron chi connectivity index (χ2n) is 4.58. The lowest BCUT2D eigenvalue weighted by molar-refractivity contribution is -0.142. The molecular weight excluding hydrogens is 274 g/mol. The van der Waals surface area contributed by atoms with Crippen LogP contribution in [0, 0.1) is 0 Å². The first-order chi connectivity index (χ1) is 9.93. The first-order valence-electron chi connectivity index (χ1n) is 6.50. The lowest BCUT2D eigenvalue weighted by Gasteiger charge is -2.18. The number of carbonyl (C=O) groups excluding carboxylic acids is 2. The maximum Gasteiger partial charge on any atom is 0.326 e. The zero-order chi connectivity index (χ0) is 15.8. The molecule has 7 heteroatoms. The highest BCUT2D eigenvalue weighted by Crippen LogP contribution is 2.03. The van der Waals surface area contributed by atoms with Gasteiger partial charge in [0.2, 0.25) is 11.8 Å². The number of hydrogen-bond donors (Lipinski definition) is 4. The molecule has 5 N–H and O–H groups in total. The van der Waals surface area contributed by atoms with Crippen LogP contribution in [0.5, 0.6) is 0 Å². The number of carboxylic acid groups (broad SMARTS) is 1. The van der Waals surface area contributed by atoms with Crippen LogP contribution in [0.4, 0.5) is 0 Å². The quantitative estimate of drug-likeness (QED) is 0.527. The highest BCUT2D eigenvalue weighted by molar-refractivity contribution is 5.90. The van der Waals surface area contributed by atoms with Crippen molar-refractivity contribution >= 4 is 17.8 Å². The molecule has 2 amide bonds. The number of nitrogens with two attached hydrogens (primary N) is 1. The van der Waals surface area contributed by atoms with Crippen LogP contribution in [0.2, 0.25) is 0 Å². The monoisotopic (exact) mass is 293 g/mol. The first-order valence-corrected chi connectivity index (χ1v) is 6.50. The van der Waals surface area contributed by atoms with E-state index in [0.29, 0.717) is 0 Å². The van der Waals surface area contributed by atoms with E-state index >= 15 is 0 Å². The molecule has 0 aliphatic heterocycles. The third kappa shape index (κ3) is 5.62. The van der Waals surface area contributed by atoms with E-state index in [2.05, 4.69) is 10.6 Å². The largest absolute Gasteiger partial charge is 0.480 e. The minimum atomic E-state index is -1.13. The Kier molecular flexibility index (Phi) is 6.35. The molecule has 7 nitrogen and oxygen atoms in total. The molecule has 0 aliphatic rings.